The van der Waals surface area contributed by atoms with Crippen LogP contribution in [0.1, 0.15) is 40.0 Å². The van der Waals surface area contributed by atoms with Gasteiger partial charge in [0.2, 0.25) is 11.8 Å². The van der Waals surface area contributed by atoms with E-state index in [1.165, 1.54) is 4.90 Å². The molecule has 0 saturated carbocycles. The summed E-state index contributed by atoms with van der Waals surface area (Å²) < 4.78 is 40.0. The molecule has 0 radical (unpaired) electrons. The summed E-state index contributed by atoms with van der Waals surface area (Å²) in [5, 5.41) is 2.65. The average Bonchev–Trinajstić information content (AvgIpc) is 2.41. The van der Waals surface area contributed by atoms with Gasteiger partial charge >= 0.3 is 6.36 Å². The number of hydrogen-bond donors (Lipinski definition) is 1. The van der Waals surface area contributed by atoms with E-state index >= 15 is 0 Å². The Balaban J connectivity index is 2.94. The van der Waals surface area contributed by atoms with Gasteiger partial charge in [-0.3, -0.25) is 14.3 Å². The summed E-state index contributed by atoms with van der Waals surface area (Å²) in [5.41, 5.74) is -1.10. The summed E-state index contributed by atoms with van der Waals surface area (Å²) in [7, 11) is 0. The van der Waals surface area contributed by atoms with E-state index in [1.807, 2.05) is 0 Å². The molecule has 1 fully saturated rings. The molecule has 21 heavy (non-hydrogen) atoms. The standard InChI is InChI=1S/C13H21F3N2O3/c1-4-9-10(19)18(7-8-21-13(14,15)16)12(5-2,6-3)11(20)17-9/h9H,4-8H2,1-3H3,(H,17,20). The zero-order valence-corrected chi connectivity index (χ0v) is 12.4. The molecule has 1 rings (SSSR count). The Morgan fingerprint density at radius 1 is 1.24 bits per heavy atom. The van der Waals surface area contributed by atoms with Crippen molar-refractivity contribution < 1.29 is 27.5 Å². The quantitative estimate of drug-likeness (QED) is 0.814. The van der Waals surface area contributed by atoms with Crippen LogP contribution in [0.25, 0.3) is 0 Å². The summed E-state index contributed by atoms with van der Waals surface area (Å²) in [6, 6.07) is -0.686. The lowest BCUT2D eigenvalue weighted by Gasteiger charge is -2.47. The van der Waals surface area contributed by atoms with Crippen molar-refractivity contribution in [1.82, 2.24) is 10.2 Å². The molecule has 5 nitrogen and oxygen atoms in total. The highest BCUT2D eigenvalue weighted by Gasteiger charge is 2.49. The molecule has 1 aliphatic rings. The molecule has 8 heteroatoms. The van der Waals surface area contributed by atoms with Crippen molar-refractivity contribution in [3.8, 4) is 0 Å². The molecule has 0 aromatic heterocycles. The Labute approximate surface area is 121 Å². The molecule has 1 N–H and O–H groups in total. The van der Waals surface area contributed by atoms with Crippen LogP contribution in [-0.2, 0) is 14.3 Å². The zero-order valence-electron chi connectivity index (χ0n) is 12.4. The van der Waals surface area contributed by atoms with Gasteiger partial charge in [-0.05, 0) is 19.3 Å². The number of rotatable bonds is 6. The van der Waals surface area contributed by atoms with Crippen LogP contribution in [0.4, 0.5) is 13.2 Å². The molecule has 2 amide bonds. The first-order valence-corrected chi connectivity index (χ1v) is 7.05. The van der Waals surface area contributed by atoms with Gasteiger partial charge in [-0.2, -0.15) is 0 Å². The molecular formula is C13H21F3N2O3. The van der Waals surface area contributed by atoms with Crippen molar-refractivity contribution in [2.75, 3.05) is 13.2 Å². The highest BCUT2D eigenvalue weighted by molar-refractivity contribution is 5.99. The molecule has 1 atom stereocenters. The number of alkyl halides is 3. The second-order valence-corrected chi connectivity index (χ2v) is 4.96. The Kier molecular flexibility index (Phi) is 5.61. The van der Waals surface area contributed by atoms with Gasteiger partial charge < -0.3 is 10.2 Å². The van der Waals surface area contributed by atoms with E-state index in [1.54, 1.807) is 20.8 Å². The predicted molar refractivity (Wildman–Crippen MR) is 69.3 cm³/mol. The first kappa shape index (κ1) is 17.7. The molecular weight excluding hydrogens is 289 g/mol. The summed E-state index contributed by atoms with van der Waals surface area (Å²) in [6.45, 7) is 4.27. The van der Waals surface area contributed by atoms with E-state index in [0.29, 0.717) is 19.3 Å². The van der Waals surface area contributed by atoms with E-state index < -0.39 is 24.6 Å². The highest BCUT2D eigenvalue weighted by Crippen LogP contribution is 2.29. The van der Waals surface area contributed by atoms with Gasteiger partial charge in [0.1, 0.15) is 11.6 Å². The summed E-state index contributed by atoms with van der Waals surface area (Å²) in [5.74, 6) is -0.669. The van der Waals surface area contributed by atoms with Gasteiger partial charge in [-0.25, -0.2) is 0 Å². The number of piperazine rings is 1. The highest BCUT2D eigenvalue weighted by atomic mass is 19.4. The maximum atomic E-state index is 12.4. The van der Waals surface area contributed by atoms with Crippen molar-refractivity contribution in [3.63, 3.8) is 0 Å². The van der Waals surface area contributed by atoms with E-state index in [4.69, 9.17) is 0 Å². The van der Waals surface area contributed by atoms with Gasteiger partial charge in [0.25, 0.3) is 0 Å². The van der Waals surface area contributed by atoms with E-state index in [0.717, 1.165) is 0 Å². The van der Waals surface area contributed by atoms with Crippen LogP contribution in [0.5, 0.6) is 0 Å². The van der Waals surface area contributed by atoms with Crippen molar-refractivity contribution >= 4 is 11.8 Å². The summed E-state index contributed by atoms with van der Waals surface area (Å²) >= 11 is 0. The predicted octanol–water partition coefficient (Wildman–Crippen LogP) is 1.82. The smallest absolute Gasteiger partial charge is 0.342 e. The topological polar surface area (TPSA) is 58.6 Å². The average molecular weight is 310 g/mol. The van der Waals surface area contributed by atoms with E-state index in [-0.39, 0.29) is 18.4 Å². The van der Waals surface area contributed by atoms with Crippen molar-refractivity contribution in [2.45, 2.75) is 58.0 Å². The Morgan fingerprint density at radius 3 is 2.24 bits per heavy atom. The Morgan fingerprint density at radius 2 is 1.81 bits per heavy atom. The number of nitrogens with one attached hydrogen (secondary N) is 1. The first-order valence-electron chi connectivity index (χ1n) is 7.05. The SMILES string of the molecule is CCC1NC(=O)C(CC)(CC)N(CCOC(F)(F)F)C1=O. The minimum atomic E-state index is -4.74. The van der Waals surface area contributed by atoms with Crippen molar-refractivity contribution in [2.24, 2.45) is 0 Å². The normalized spacial score (nSPS) is 22.4. The second-order valence-electron chi connectivity index (χ2n) is 4.96. The number of ether oxygens (including phenoxy) is 1. The van der Waals surface area contributed by atoms with Gasteiger partial charge in [0.05, 0.1) is 6.61 Å². The van der Waals surface area contributed by atoms with Crippen LogP contribution >= 0.6 is 0 Å². The molecule has 0 bridgehead atoms. The fourth-order valence-corrected chi connectivity index (χ4v) is 2.68. The fourth-order valence-electron chi connectivity index (χ4n) is 2.68. The zero-order chi connectivity index (χ0) is 16.3. The van der Waals surface area contributed by atoms with Crippen LogP contribution in [-0.4, -0.2) is 47.8 Å². The third-order valence-corrected chi connectivity index (χ3v) is 3.97. The van der Waals surface area contributed by atoms with Gasteiger partial charge in [-0.1, -0.05) is 20.8 Å². The van der Waals surface area contributed by atoms with E-state index in [9.17, 15) is 22.8 Å². The monoisotopic (exact) mass is 310 g/mol. The largest absolute Gasteiger partial charge is 0.522 e. The second kappa shape index (κ2) is 6.64. The summed E-state index contributed by atoms with van der Waals surface area (Å²) in [4.78, 5) is 25.9. The number of hydrogen-bond acceptors (Lipinski definition) is 3. The van der Waals surface area contributed by atoms with Crippen LogP contribution in [0.15, 0.2) is 0 Å². The Hall–Kier alpha value is -1.31. The molecule has 0 aliphatic carbocycles. The van der Waals surface area contributed by atoms with Crippen LogP contribution in [0.2, 0.25) is 0 Å². The van der Waals surface area contributed by atoms with Crippen LogP contribution in [0.3, 0.4) is 0 Å². The third kappa shape index (κ3) is 3.66. The van der Waals surface area contributed by atoms with Gasteiger partial charge in [-0.15, -0.1) is 13.2 Å². The van der Waals surface area contributed by atoms with Crippen LogP contribution < -0.4 is 5.32 Å². The molecule has 0 aromatic rings. The maximum absolute atomic E-state index is 12.4. The Bertz CT molecular complexity index is 395. The minimum absolute atomic E-state index is 0.260. The van der Waals surface area contributed by atoms with Gasteiger partial charge in [0, 0.05) is 6.54 Å². The van der Waals surface area contributed by atoms with Gasteiger partial charge in [0.15, 0.2) is 0 Å². The molecule has 1 unspecified atom stereocenters. The minimum Gasteiger partial charge on any atom is -0.342 e. The third-order valence-electron chi connectivity index (χ3n) is 3.97. The number of carbonyl (C=O) groups excluding carboxylic acids is 2. The van der Waals surface area contributed by atoms with Crippen molar-refractivity contribution in [3.05, 3.63) is 0 Å². The maximum Gasteiger partial charge on any atom is 0.522 e. The molecule has 0 spiro atoms. The molecule has 1 aliphatic heterocycles. The molecule has 1 heterocycles. The molecule has 122 valence electrons. The lowest BCUT2D eigenvalue weighted by Crippen LogP contribution is -2.70. The number of nitrogens with zero attached hydrogens (tertiary/aromatic N) is 1. The number of amides is 2. The number of halogens is 3. The lowest BCUT2D eigenvalue weighted by molar-refractivity contribution is -0.325. The van der Waals surface area contributed by atoms with Crippen molar-refractivity contribution in [1.29, 1.82) is 0 Å². The van der Waals surface area contributed by atoms with Crippen LogP contribution in [0, 0.1) is 0 Å². The molecule has 1 saturated heterocycles. The van der Waals surface area contributed by atoms with E-state index in [2.05, 4.69) is 10.1 Å². The summed E-state index contributed by atoms with van der Waals surface area (Å²) in [6.07, 6.45) is -3.68. The number of carbonyl (C=O) groups is 2. The lowest BCUT2D eigenvalue weighted by atomic mass is 9.85. The fraction of sp³-hybridized carbons (Fsp3) is 0.846. The molecule has 0 aromatic carbocycles. The first-order chi connectivity index (χ1) is 9.71.